The van der Waals surface area contributed by atoms with Gasteiger partial charge in [-0.1, -0.05) is 57.6 Å². The van der Waals surface area contributed by atoms with E-state index in [4.69, 9.17) is 28.4 Å². The third-order valence-electron chi connectivity index (χ3n) is 14.5. The van der Waals surface area contributed by atoms with Crippen molar-refractivity contribution in [1.82, 2.24) is 4.90 Å². The molecule has 1 amide bonds. The van der Waals surface area contributed by atoms with E-state index < -0.39 is 65.9 Å². The minimum absolute atomic E-state index is 0.0438. The highest BCUT2D eigenvalue weighted by Gasteiger charge is 2.56. The third-order valence-corrected chi connectivity index (χ3v) is 14.5. The minimum atomic E-state index is -2.49. The van der Waals surface area contributed by atoms with Crippen LogP contribution in [0.4, 0.5) is 0 Å². The van der Waals surface area contributed by atoms with Crippen molar-refractivity contribution in [3.05, 3.63) is 53.1 Å². The van der Waals surface area contributed by atoms with Crippen molar-refractivity contribution in [2.24, 2.45) is 29.6 Å². The highest BCUT2D eigenvalue weighted by molar-refractivity contribution is 6.39. The van der Waals surface area contributed by atoms with Gasteiger partial charge in [0.05, 0.1) is 31.0 Å². The number of phenolic OH excluding ortho intramolecular Hbond substituents is 1. The molecule has 3 fully saturated rings. The Hall–Kier alpha value is -3.50. The molecular weight excluding hydrogens is 835 g/mol. The van der Waals surface area contributed by atoms with Crippen molar-refractivity contribution >= 4 is 23.4 Å². The maximum Gasteiger partial charge on any atom is 0.329 e. The summed E-state index contributed by atoms with van der Waals surface area (Å²) in [5, 5.41) is 32.5. The van der Waals surface area contributed by atoms with Gasteiger partial charge in [0.25, 0.3) is 11.7 Å². The largest absolute Gasteiger partial charge is 0.508 e. The molecule has 14 unspecified atom stereocenters. The summed E-state index contributed by atoms with van der Waals surface area (Å²) in [4.78, 5) is 58.3. The summed E-state index contributed by atoms with van der Waals surface area (Å²) in [6, 6.07) is 5.30. The molecule has 2 saturated heterocycles. The van der Waals surface area contributed by atoms with E-state index in [1.807, 2.05) is 27.7 Å². The fourth-order valence-electron chi connectivity index (χ4n) is 10.6. The summed E-state index contributed by atoms with van der Waals surface area (Å²) in [5.74, 6) is -6.30. The summed E-state index contributed by atoms with van der Waals surface area (Å²) in [6.45, 7) is 11.9. The molecule has 5 rings (SSSR count). The number of nitrogens with zero attached hydrogens (tertiary/aromatic N) is 1. The second-order valence-corrected chi connectivity index (χ2v) is 19.5. The smallest absolute Gasteiger partial charge is 0.329 e. The molecule has 3 heterocycles. The molecule has 0 spiro atoms. The van der Waals surface area contributed by atoms with Crippen LogP contribution in [-0.2, 0) is 47.6 Å². The molecule has 0 radical (unpaired) electrons. The molecule has 1 saturated carbocycles. The zero-order valence-electron chi connectivity index (χ0n) is 40.2. The van der Waals surface area contributed by atoms with Crippen LogP contribution in [0.3, 0.4) is 0 Å². The minimum Gasteiger partial charge on any atom is -0.508 e. The van der Waals surface area contributed by atoms with Crippen molar-refractivity contribution in [2.45, 2.75) is 173 Å². The van der Waals surface area contributed by atoms with Gasteiger partial charge in [-0.3, -0.25) is 14.4 Å². The second kappa shape index (κ2) is 24.0. The van der Waals surface area contributed by atoms with Gasteiger partial charge in [0.2, 0.25) is 5.79 Å². The van der Waals surface area contributed by atoms with Gasteiger partial charge in [-0.05, 0) is 125 Å². The molecule has 364 valence electrons. The van der Waals surface area contributed by atoms with Crippen LogP contribution < -0.4 is 0 Å². The molecule has 14 atom stereocenters. The first-order chi connectivity index (χ1) is 30.9. The summed E-state index contributed by atoms with van der Waals surface area (Å²) in [6.07, 6.45) is 6.35. The van der Waals surface area contributed by atoms with E-state index >= 15 is 0 Å². The zero-order chi connectivity index (χ0) is 47.6. The molecule has 1 aromatic rings. The number of ether oxygens (including phenoxy) is 6. The molecule has 1 aliphatic carbocycles. The van der Waals surface area contributed by atoms with Crippen LogP contribution in [0, 0.1) is 29.6 Å². The van der Waals surface area contributed by atoms with E-state index in [1.165, 1.54) is 17.0 Å². The maximum atomic E-state index is 14.5. The van der Waals surface area contributed by atoms with Gasteiger partial charge in [-0.25, -0.2) is 4.79 Å². The number of phenols is 1. The number of ketones is 2. The molecule has 65 heavy (non-hydrogen) atoms. The average Bonchev–Trinajstić information content (AvgIpc) is 3.30. The van der Waals surface area contributed by atoms with Crippen molar-refractivity contribution in [3.63, 3.8) is 0 Å². The Morgan fingerprint density at radius 1 is 0.908 bits per heavy atom. The number of fused-ring (bicyclic) bond motifs is 3. The number of piperidine rings is 1. The van der Waals surface area contributed by atoms with E-state index in [9.17, 15) is 34.5 Å². The Kier molecular flexibility index (Phi) is 19.4. The Morgan fingerprint density at radius 3 is 2.25 bits per heavy atom. The van der Waals surface area contributed by atoms with Crippen molar-refractivity contribution in [2.75, 3.05) is 34.5 Å². The quantitative estimate of drug-likeness (QED) is 0.124. The normalized spacial score (nSPS) is 36.8. The van der Waals surface area contributed by atoms with Crippen molar-refractivity contribution < 1.29 is 62.9 Å². The monoisotopic (exact) mass is 912 g/mol. The molecular formula is C51H77NO13. The van der Waals surface area contributed by atoms with E-state index in [-0.39, 0.29) is 79.8 Å². The van der Waals surface area contributed by atoms with Gasteiger partial charge in [0, 0.05) is 46.1 Å². The topological polar surface area (TPSA) is 188 Å². The number of Topliss-reactive ketones (excluding diaryl/α,β-unsaturated/α-hetero) is 2. The SMILES string of the molecule is CCC1/C=C(\C)CC(C)CC(OC)C2OC(O)(C(=O)C(=O)N3CCCCC3C(=O)OC(C(C)=CC3CCC(OCC(O)c4ccc(O)cc4)C(OC)C3)C(C)CCC1=O)C(C)CC2OC. The molecule has 1 aromatic carbocycles. The van der Waals surface area contributed by atoms with E-state index in [1.54, 1.807) is 40.4 Å². The van der Waals surface area contributed by atoms with Crippen molar-refractivity contribution in [1.29, 1.82) is 0 Å². The number of esters is 1. The molecule has 3 N–H and O–H groups in total. The Bertz CT molecular complexity index is 1810. The number of cyclic esters (lactones) is 1. The fourth-order valence-corrected chi connectivity index (χ4v) is 10.6. The summed E-state index contributed by atoms with van der Waals surface area (Å²) in [5.41, 5.74) is 2.51. The number of methoxy groups -OCH3 is 3. The van der Waals surface area contributed by atoms with Crippen LogP contribution >= 0.6 is 0 Å². The number of carbonyl (C=O) groups excluding carboxylic acids is 4. The molecule has 2 bridgehead atoms. The van der Waals surface area contributed by atoms with Crippen LogP contribution in [0.15, 0.2) is 47.6 Å². The van der Waals surface area contributed by atoms with E-state index in [0.29, 0.717) is 56.9 Å². The predicted molar refractivity (Wildman–Crippen MR) is 243 cm³/mol. The average molecular weight is 912 g/mol. The third kappa shape index (κ3) is 13.1. The first-order valence-electron chi connectivity index (χ1n) is 24.0. The number of aromatic hydroxyl groups is 1. The molecule has 3 aliphatic heterocycles. The number of carbonyl (C=O) groups is 4. The van der Waals surface area contributed by atoms with Gasteiger partial charge in [0.15, 0.2) is 0 Å². The lowest BCUT2D eigenvalue weighted by atomic mass is 9.82. The highest BCUT2D eigenvalue weighted by Crippen LogP contribution is 2.39. The van der Waals surface area contributed by atoms with Crippen molar-refractivity contribution in [3.8, 4) is 5.75 Å². The molecule has 14 nitrogen and oxygen atoms in total. The highest BCUT2D eigenvalue weighted by atomic mass is 16.7. The lowest BCUT2D eigenvalue weighted by Crippen LogP contribution is -2.64. The number of hydrogen-bond acceptors (Lipinski definition) is 13. The zero-order valence-corrected chi connectivity index (χ0v) is 40.2. The number of aliphatic hydroxyl groups excluding tert-OH is 1. The van der Waals surface area contributed by atoms with Gasteiger partial charge in [-0.15, -0.1) is 0 Å². The molecule has 14 heteroatoms. The number of rotatable bonds is 10. The summed E-state index contributed by atoms with van der Waals surface area (Å²) < 4.78 is 36.6. The van der Waals surface area contributed by atoms with E-state index in [0.717, 1.165) is 17.6 Å². The Morgan fingerprint density at radius 2 is 1.58 bits per heavy atom. The molecule has 4 aliphatic rings. The second-order valence-electron chi connectivity index (χ2n) is 19.5. The maximum absolute atomic E-state index is 14.5. The lowest BCUT2D eigenvalue weighted by Gasteiger charge is -2.47. The van der Waals surface area contributed by atoms with Gasteiger partial charge < -0.3 is 48.6 Å². The first-order valence-corrected chi connectivity index (χ1v) is 24.0. The summed E-state index contributed by atoms with van der Waals surface area (Å²) in [7, 11) is 4.74. The number of amides is 1. The number of aliphatic hydroxyl groups is 2. The van der Waals surface area contributed by atoms with Gasteiger partial charge >= 0.3 is 5.97 Å². The Balaban J connectivity index is 1.42. The number of benzene rings is 1. The van der Waals surface area contributed by atoms with Crippen LogP contribution in [0.5, 0.6) is 5.75 Å². The van der Waals surface area contributed by atoms with Crippen LogP contribution in [0.25, 0.3) is 0 Å². The van der Waals surface area contributed by atoms with Gasteiger partial charge in [-0.2, -0.15) is 0 Å². The van der Waals surface area contributed by atoms with Crippen LogP contribution in [0.2, 0.25) is 0 Å². The predicted octanol–water partition coefficient (Wildman–Crippen LogP) is 6.97. The standard InChI is InChI=1S/C51H77NO13/c1-10-36-24-30(2)23-31(3)25-44(61-8)47-45(62-9)27-34(6)51(59,65-47)48(56)49(57)52-22-12-11-13-39(52)50(58)64-46(32(4)14-20-40(36)54)33(5)26-35-15-21-42(43(28-35)60-7)63-29-41(55)37-16-18-38(53)19-17-37/h16-19,24,26,31-32,34-36,39,41-47,53,55,59H,10-15,20-23,25,27-29H2,1-9H3/b30-24+,33-26?. The molecule has 0 aromatic heterocycles. The van der Waals surface area contributed by atoms with Gasteiger partial charge in [0.1, 0.15) is 35.9 Å². The Labute approximate surface area is 386 Å². The van der Waals surface area contributed by atoms with E-state index in [2.05, 4.69) is 19.1 Å². The first kappa shape index (κ1) is 52.5. The fraction of sp³-hybridized carbons (Fsp3) is 0.725. The van der Waals surface area contributed by atoms with Crippen LogP contribution in [0.1, 0.15) is 130 Å². The summed E-state index contributed by atoms with van der Waals surface area (Å²) >= 11 is 0. The lowest BCUT2D eigenvalue weighted by molar-refractivity contribution is -0.302. The number of hydrogen-bond donors (Lipinski definition) is 3. The number of allylic oxidation sites excluding steroid dienone is 3. The van der Waals surface area contributed by atoms with Crippen LogP contribution in [-0.4, -0.2) is 127 Å².